The highest BCUT2D eigenvalue weighted by molar-refractivity contribution is 7.92. The molecule has 0 fully saturated rings. The molecule has 0 saturated carbocycles. The molecule has 0 saturated heterocycles. The smallest absolute Gasteiger partial charge is 0.183 e. The number of alkyl halides is 1. The summed E-state index contributed by atoms with van der Waals surface area (Å²) in [5, 5.41) is 8.26. The minimum absolute atomic E-state index is 0.0267. The van der Waals surface area contributed by atoms with E-state index in [2.05, 4.69) is 0 Å². The maximum Gasteiger partial charge on any atom is 0.183 e. The van der Waals surface area contributed by atoms with Crippen LogP contribution < -0.4 is 0 Å². The van der Waals surface area contributed by atoms with Gasteiger partial charge in [0, 0.05) is 5.88 Å². The lowest BCUT2D eigenvalue weighted by Crippen LogP contribution is -2.20. The summed E-state index contributed by atoms with van der Waals surface area (Å²) in [7, 11) is -3.59. The molecule has 3 nitrogen and oxygen atoms in total. The lowest BCUT2D eigenvalue weighted by atomic mass is 10.2. The minimum atomic E-state index is -3.59. The van der Waals surface area contributed by atoms with E-state index < -0.39 is 15.1 Å². The number of sulfone groups is 1. The molecular weight excluding hydrogens is 269 g/mol. The second-order valence-electron chi connectivity index (χ2n) is 3.23. The normalized spacial score (nSPS) is 13.1. The van der Waals surface area contributed by atoms with E-state index in [1.54, 1.807) is 6.07 Å². The van der Waals surface area contributed by atoms with Crippen LogP contribution >= 0.6 is 23.2 Å². The van der Waals surface area contributed by atoms with Gasteiger partial charge in [0.15, 0.2) is 9.84 Å². The first-order chi connectivity index (χ1) is 7.45. The summed E-state index contributed by atoms with van der Waals surface area (Å²) in [4.78, 5) is -0.0596. The van der Waals surface area contributed by atoms with Gasteiger partial charge in [-0.15, -0.1) is 11.6 Å². The first kappa shape index (κ1) is 13.3. The molecule has 0 N–H and O–H groups in total. The molecular formula is C10H9Cl2NO2S. The van der Waals surface area contributed by atoms with E-state index in [1.807, 2.05) is 0 Å². The summed E-state index contributed by atoms with van der Waals surface area (Å²) in [6.07, 6.45) is 0. The number of hydrogen-bond acceptors (Lipinski definition) is 3. The highest BCUT2D eigenvalue weighted by Crippen LogP contribution is 2.26. The standard InChI is InChI=1S/C10H9Cl2NO2S/c1-7(5-11)16(14,15)10-4-2-3-9(12)8(10)6-13/h2-4,7H,5H2,1H3. The Morgan fingerprint density at radius 3 is 2.62 bits per heavy atom. The Morgan fingerprint density at radius 2 is 2.12 bits per heavy atom. The van der Waals surface area contributed by atoms with Crippen molar-refractivity contribution in [2.75, 3.05) is 5.88 Å². The zero-order valence-electron chi connectivity index (χ0n) is 8.44. The molecule has 6 heteroatoms. The Kier molecular flexibility index (Phi) is 4.20. The van der Waals surface area contributed by atoms with Crippen LogP contribution in [0.4, 0.5) is 0 Å². The molecule has 0 bridgehead atoms. The van der Waals surface area contributed by atoms with Crippen LogP contribution in [0.25, 0.3) is 0 Å². The van der Waals surface area contributed by atoms with Gasteiger partial charge in [0.2, 0.25) is 0 Å². The maximum atomic E-state index is 12.0. The Bertz CT molecular complexity index is 534. The molecule has 1 atom stereocenters. The zero-order chi connectivity index (χ0) is 12.3. The molecule has 0 heterocycles. The van der Waals surface area contributed by atoms with Crippen molar-refractivity contribution in [2.45, 2.75) is 17.1 Å². The van der Waals surface area contributed by atoms with Gasteiger partial charge in [-0.1, -0.05) is 17.7 Å². The maximum absolute atomic E-state index is 12.0. The van der Waals surface area contributed by atoms with Crippen LogP contribution in [0.3, 0.4) is 0 Å². The molecule has 1 aromatic rings. The van der Waals surface area contributed by atoms with Gasteiger partial charge in [-0.25, -0.2) is 8.42 Å². The molecule has 0 amide bonds. The minimum Gasteiger partial charge on any atom is -0.223 e. The quantitative estimate of drug-likeness (QED) is 0.798. The Balaban J connectivity index is 3.47. The van der Waals surface area contributed by atoms with Crippen molar-refractivity contribution in [1.82, 2.24) is 0 Å². The average Bonchev–Trinajstić information content (AvgIpc) is 2.27. The third kappa shape index (κ3) is 2.32. The van der Waals surface area contributed by atoms with Gasteiger partial charge < -0.3 is 0 Å². The van der Waals surface area contributed by atoms with Crippen LogP contribution in [0.2, 0.25) is 5.02 Å². The lowest BCUT2D eigenvalue weighted by molar-refractivity contribution is 0.587. The number of nitriles is 1. The summed E-state index contributed by atoms with van der Waals surface area (Å²) in [5.41, 5.74) is -0.0267. The van der Waals surface area contributed by atoms with E-state index in [0.29, 0.717) is 0 Å². The monoisotopic (exact) mass is 277 g/mol. The largest absolute Gasteiger partial charge is 0.223 e. The summed E-state index contributed by atoms with van der Waals surface area (Å²) >= 11 is 11.3. The van der Waals surface area contributed by atoms with Crippen LogP contribution in [0, 0.1) is 11.3 Å². The molecule has 1 rings (SSSR count). The SMILES string of the molecule is CC(CCl)S(=O)(=O)c1cccc(Cl)c1C#N. The van der Waals surface area contributed by atoms with E-state index in [1.165, 1.54) is 25.1 Å². The van der Waals surface area contributed by atoms with Crippen molar-refractivity contribution in [3.8, 4) is 6.07 Å². The van der Waals surface area contributed by atoms with E-state index in [4.69, 9.17) is 28.5 Å². The second-order valence-corrected chi connectivity index (χ2v) is 6.29. The number of halogens is 2. The van der Waals surface area contributed by atoms with E-state index in [0.717, 1.165) is 0 Å². The summed E-state index contributed by atoms with van der Waals surface area (Å²) in [5.74, 6) is -0.0281. The molecule has 0 aromatic heterocycles. The van der Waals surface area contributed by atoms with Gasteiger partial charge in [-0.05, 0) is 19.1 Å². The third-order valence-corrected chi connectivity index (χ3v) is 5.28. The number of rotatable bonds is 3. The summed E-state index contributed by atoms with van der Waals surface area (Å²) in [6.45, 7) is 1.49. The fourth-order valence-corrected chi connectivity index (χ4v) is 3.23. The van der Waals surface area contributed by atoms with Gasteiger partial charge in [0.05, 0.1) is 20.7 Å². The van der Waals surface area contributed by atoms with Gasteiger partial charge in [0.1, 0.15) is 6.07 Å². The van der Waals surface area contributed by atoms with Crippen molar-refractivity contribution in [3.63, 3.8) is 0 Å². The van der Waals surface area contributed by atoms with Gasteiger partial charge in [-0.3, -0.25) is 0 Å². The predicted octanol–water partition coefficient (Wildman–Crippen LogP) is 2.61. The van der Waals surface area contributed by atoms with E-state index >= 15 is 0 Å². The Labute approximate surface area is 105 Å². The molecule has 0 aliphatic carbocycles. The van der Waals surface area contributed by atoms with Crippen molar-refractivity contribution in [1.29, 1.82) is 5.26 Å². The molecule has 1 aromatic carbocycles. The van der Waals surface area contributed by atoms with Crippen molar-refractivity contribution >= 4 is 33.0 Å². The third-order valence-electron chi connectivity index (χ3n) is 2.14. The van der Waals surface area contributed by atoms with Gasteiger partial charge >= 0.3 is 0 Å². The van der Waals surface area contributed by atoms with Crippen LogP contribution in [0.5, 0.6) is 0 Å². The van der Waals surface area contributed by atoms with Crippen molar-refractivity contribution < 1.29 is 8.42 Å². The van der Waals surface area contributed by atoms with Crippen LogP contribution in [-0.2, 0) is 9.84 Å². The number of hydrogen-bond donors (Lipinski definition) is 0. The molecule has 0 radical (unpaired) electrons. The highest BCUT2D eigenvalue weighted by atomic mass is 35.5. The predicted molar refractivity (Wildman–Crippen MR) is 63.5 cm³/mol. The fraction of sp³-hybridized carbons (Fsp3) is 0.300. The van der Waals surface area contributed by atoms with E-state index in [-0.39, 0.29) is 21.4 Å². The first-order valence-electron chi connectivity index (χ1n) is 4.43. The number of nitrogens with zero attached hydrogens (tertiary/aromatic N) is 1. The summed E-state index contributed by atoms with van der Waals surface area (Å²) < 4.78 is 24.0. The second kappa shape index (κ2) is 5.05. The summed E-state index contributed by atoms with van der Waals surface area (Å²) in [6, 6.07) is 6.13. The van der Waals surface area contributed by atoms with Gasteiger partial charge in [-0.2, -0.15) is 5.26 Å². The molecule has 0 spiro atoms. The molecule has 0 aliphatic heterocycles. The van der Waals surface area contributed by atoms with Crippen molar-refractivity contribution in [3.05, 3.63) is 28.8 Å². The zero-order valence-corrected chi connectivity index (χ0v) is 10.8. The molecule has 86 valence electrons. The molecule has 16 heavy (non-hydrogen) atoms. The van der Waals surface area contributed by atoms with Crippen LogP contribution in [0.1, 0.15) is 12.5 Å². The fourth-order valence-electron chi connectivity index (χ4n) is 1.15. The van der Waals surface area contributed by atoms with Gasteiger partial charge in [0.25, 0.3) is 0 Å². The van der Waals surface area contributed by atoms with Crippen LogP contribution in [0.15, 0.2) is 23.1 Å². The topological polar surface area (TPSA) is 57.9 Å². The van der Waals surface area contributed by atoms with Crippen LogP contribution in [-0.4, -0.2) is 19.5 Å². The Morgan fingerprint density at radius 1 is 1.50 bits per heavy atom. The highest BCUT2D eigenvalue weighted by Gasteiger charge is 2.26. The average molecular weight is 278 g/mol. The Hall–Kier alpha value is -0.760. The van der Waals surface area contributed by atoms with Crippen molar-refractivity contribution in [2.24, 2.45) is 0 Å². The lowest BCUT2D eigenvalue weighted by Gasteiger charge is -2.11. The number of benzene rings is 1. The molecule has 1 unspecified atom stereocenters. The molecule has 0 aliphatic rings. The first-order valence-corrected chi connectivity index (χ1v) is 6.89. The van der Waals surface area contributed by atoms with E-state index in [9.17, 15) is 8.42 Å².